The van der Waals surface area contributed by atoms with Gasteiger partial charge in [-0.25, -0.2) is 9.59 Å². The van der Waals surface area contributed by atoms with Crippen LogP contribution >= 0.6 is 11.8 Å². The van der Waals surface area contributed by atoms with Gasteiger partial charge in [0.15, 0.2) is 23.0 Å². The highest BCUT2D eigenvalue weighted by molar-refractivity contribution is 7.98. The molecule has 0 unspecified atom stereocenters. The van der Waals surface area contributed by atoms with Crippen LogP contribution in [0, 0.1) is 0 Å². The fourth-order valence-electron chi connectivity index (χ4n) is 7.13. The molecule has 2 aromatic heterocycles. The van der Waals surface area contributed by atoms with Crippen LogP contribution in [-0.2, 0) is 22.7 Å². The van der Waals surface area contributed by atoms with Gasteiger partial charge in [0.1, 0.15) is 0 Å². The Morgan fingerprint density at radius 3 is 1.61 bits per heavy atom. The summed E-state index contributed by atoms with van der Waals surface area (Å²) in [6.45, 7) is 3.57. The van der Waals surface area contributed by atoms with Crippen molar-refractivity contribution in [1.29, 1.82) is 0 Å². The summed E-state index contributed by atoms with van der Waals surface area (Å²) in [6.07, 6.45) is 9.08. The number of thioether (sulfide) groups is 1. The summed E-state index contributed by atoms with van der Waals surface area (Å²) in [7, 11) is 9.73. The molecule has 1 fully saturated rings. The van der Waals surface area contributed by atoms with E-state index in [1.165, 1.54) is 21.7 Å². The lowest BCUT2D eigenvalue weighted by Gasteiger charge is -2.40. The molecule has 3 heterocycles. The van der Waals surface area contributed by atoms with Crippen molar-refractivity contribution in [2.75, 3.05) is 66.9 Å². The van der Waals surface area contributed by atoms with Crippen LogP contribution in [0.15, 0.2) is 102 Å². The Hall–Kier alpha value is -6.45. The number of carbonyl (C=O) groups is 2. The summed E-state index contributed by atoms with van der Waals surface area (Å²) in [5.74, 6) is 1.01. The van der Waals surface area contributed by atoms with E-state index in [-0.39, 0.29) is 0 Å². The molecule has 6 rings (SSSR count). The number of anilines is 1. The number of hydrogen-bond acceptors (Lipinski definition) is 13. The molecule has 1 aliphatic heterocycles. The number of aliphatic carboxylic acids is 2. The van der Waals surface area contributed by atoms with Gasteiger partial charge in [-0.05, 0) is 97.0 Å². The zero-order valence-electron chi connectivity index (χ0n) is 35.4. The van der Waals surface area contributed by atoms with Crippen molar-refractivity contribution >= 4 is 29.4 Å². The number of benzene rings is 3. The molecule has 1 saturated heterocycles. The van der Waals surface area contributed by atoms with Crippen molar-refractivity contribution < 1.29 is 48.2 Å². The third kappa shape index (κ3) is 12.1. The van der Waals surface area contributed by atoms with Gasteiger partial charge in [-0.2, -0.15) is 0 Å². The monoisotopic (exact) mass is 852 g/mol. The summed E-state index contributed by atoms with van der Waals surface area (Å²) >= 11 is 1.77. The zero-order chi connectivity index (χ0) is 43.9. The van der Waals surface area contributed by atoms with Gasteiger partial charge < -0.3 is 43.5 Å². The number of piperidine rings is 1. The SMILES string of the molecule is COc1cc(-c2cc(CN3CCC(N(Cc4ccnc(-c5cc(OC)c(OC)c(OC)c5)c4)c4cccc(SC)c4)CC3)ccn2)cc(OC)c1OC.O=C(O)/C=C/C(=O)O. The highest BCUT2D eigenvalue weighted by Crippen LogP contribution is 2.42. The third-order valence-corrected chi connectivity index (χ3v) is 10.8. The summed E-state index contributed by atoms with van der Waals surface area (Å²) in [5.41, 5.74) is 7.13. The molecular weight excluding hydrogens is 801 g/mol. The van der Waals surface area contributed by atoms with E-state index < -0.39 is 11.9 Å². The second kappa shape index (κ2) is 22.2. The zero-order valence-corrected chi connectivity index (χ0v) is 36.2. The average Bonchev–Trinajstić information content (AvgIpc) is 3.29. The quantitative estimate of drug-likeness (QED) is 0.0684. The van der Waals surface area contributed by atoms with Crippen molar-refractivity contribution in [3.8, 4) is 57.0 Å². The van der Waals surface area contributed by atoms with Crippen LogP contribution in [0.3, 0.4) is 0 Å². The van der Waals surface area contributed by atoms with Crippen LogP contribution in [0.5, 0.6) is 34.5 Å². The number of likely N-dealkylation sites (tertiary alicyclic amines) is 1. The van der Waals surface area contributed by atoms with Crippen LogP contribution in [0.1, 0.15) is 24.0 Å². The number of hydrogen-bond donors (Lipinski definition) is 2. The van der Waals surface area contributed by atoms with Gasteiger partial charge in [0.25, 0.3) is 0 Å². The molecule has 5 aromatic rings. The number of carboxylic acids is 2. The van der Waals surface area contributed by atoms with Gasteiger partial charge >= 0.3 is 11.9 Å². The molecule has 0 spiro atoms. The molecule has 322 valence electrons. The third-order valence-electron chi connectivity index (χ3n) is 10.1. The molecule has 14 nitrogen and oxygen atoms in total. The predicted molar refractivity (Wildman–Crippen MR) is 236 cm³/mol. The molecule has 61 heavy (non-hydrogen) atoms. The number of pyridine rings is 2. The molecule has 0 amide bonds. The van der Waals surface area contributed by atoms with Crippen LogP contribution in [0.4, 0.5) is 5.69 Å². The molecule has 0 saturated carbocycles. The number of aromatic nitrogens is 2. The van der Waals surface area contributed by atoms with E-state index in [2.05, 4.69) is 69.6 Å². The first-order valence-corrected chi connectivity index (χ1v) is 20.5. The molecule has 0 bridgehead atoms. The average molecular weight is 853 g/mol. The summed E-state index contributed by atoms with van der Waals surface area (Å²) < 4.78 is 33.5. The smallest absolute Gasteiger partial charge is 0.328 e. The van der Waals surface area contributed by atoms with Gasteiger partial charge in [-0.3, -0.25) is 14.9 Å². The van der Waals surface area contributed by atoms with Gasteiger partial charge in [0.2, 0.25) is 11.5 Å². The fraction of sp³-hybridized carbons (Fsp3) is 0.304. The minimum Gasteiger partial charge on any atom is -0.493 e. The minimum atomic E-state index is -1.26. The van der Waals surface area contributed by atoms with Crippen LogP contribution < -0.4 is 33.3 Å². The second-order valence-corrected chi connectivity index (χ2v) is 14.7. The Balaban J connectivity index is 0.000000800. The Bertz CT molecular complexity index is 2230. The fourth-order valence-corrected chi connectivity index (χ4v) is 7.58. The molecule has 15 heteroatoms. The maximum absolute atomic E-state index is 9.55. The van der Waals surface area contributed by atoms with E-state index in [1.54, 1.807) is 54.4 Å². The van der Waals surface area contributed by atoms with Crippen molar-refractivity contribution in [3.63, 3.8) is 0 Å². The van der Waals surface area contributed by atoms with E-state index in [9.17, 15) is 9.59 Å². The Morgan fingerprint density at radius 1 is 0.689 bits per heavy atom. The molecular formula is C46H52N4O10S. The highest BCUT2D eigenvalue weighted by Gasteiger charge is 2.26. The number of methoxy groups -OCH3 is 6. The minimum absolute atomic E-state index is 0.369. The first kappa shape index (κ1) is 45.6. The van der Waals surface area contributed by atoms with Crippen molar-refractivity contribution in [2.45, 2.75) is 36.9 Å². The van der Waals surface area contributed by atoms with Crippen molar-refractivity contribution in [2.24, 2.45) is 0 Å². The molecule has 0 aliphatic carbocycles. The van der Waals surface area contributed by atoms with Crippen molar-refractivity contribution in [3.05, 3.63) is 108 Å². The van der Waals surface area contributed by atoms with Gasteiger partial charge in [-0.15, -0.1) is 11.8 Å². The first-order valence-electron chi connectivity index (χ1n) is 19.3. The number of nitrogens with zero attached hydrogens (tertiary/aromatic N) is 4. The number of ether oxygens (including phenoxy) is 6. The van der Waals surface area contributed by atoms with Gasteiger partial charge in [-0.1, -0.05) is 6.07 Å². The standard InChI is InChI=1S/C42H48N4O6S.C4H4O4/c1-47-37-21-30(22-38(48-2)41(37)51-5)35-19-28(11-15-43-35)26-45-17-13-32(14-18-45)46(33-9-8-10-34(25-33)53-7)27-29-12-16-44-36(20-29)31-23-39(49-3)42(52-6)40(24-31)50-4;5-3(6)1-2-4(7)8/h8-12,15-16,19-25,32H,13-14,17-18,26-27H2,1-7H3;1-2H,(H,5,6)(H,7,8)/b;2-1+. The number of carboxylic acid groups (broad SMARTS) is 2. The molecule has 0 radical (unpaired) electrons. The van der Waals surface area contributed by atoms with E-state index in [1.807, 2.05) is 36.7 Å². The van der Waals surface area contributed by atoms with Gasteiger partial charge in [0, 0.05) is 78.5 Å². The molecule has 2 N–H and O–H groups in total. The summed E-state index contributed by atoms with van der Waals surface area (Å²) in [4.78, 5) is 34.9. The lowest BCUT2D eigenvalue weighted by molar-refractivity contribution is -0.134. The predicted octanol–water partition coefficient (Wildman–Crippen LogP) is 7.97. The largest absolute Gasteiger partial charge is 0.493 e. The second-order valence-electron chi connectivity index (χ2n) is 13.8. The van der Waals surface area contributed by atoms with Crippen molar-refractivity contribution in [1.82, 2.24) is 14.9 Å². The normalized spacial score (nSPS) is 12.8. The van der Waals surface area contributed by atoms with E-state index in [4.69, 9.17) is 43.6 Å². The summed E-state index contributed by atoms with van der Waals surface area (Å²) in [5, 5.41) is 15.6. The maximum atomic E-state index is 9.55. The lowest BCUT2D eigenvalue weighted by Crippen LogP contribution is -2.44. The van der Waals surface area contributed by atoms with E-state index in [0.29, 0.717) is 52.7 Å². The lowest BCUT2D eigenvalue weighted by atomic mass is 10.00. The molecule has 0 atom stereocenters. The topological polar surface area (TPSA) is 162 Å². The number of rotatable bonds is 17. The van der Waals surface area contributed by atoms with E-state index in [0.717, 1.165) is 61.5 Å². The highest BCUT2D eigenvalue weighted by atomic mass is 32.2. The van der Waals surface area contributed by atoms with Crippen LogP contribution in [-0.4, -0.2) is 105 Å². The van der Waals surface area contributed by atoms with Crippen LogP contribution in [0.25, 0.3) is 22.5 Å². The Labute approximate surface area is 360 Å². The molecule has 1 aliphatic rings. The van der Waals surface area contributed by atoms with E-state index >= 15 is 0 Å². The first-order chi connectivity index (χ1) is 29.5. The van der Waals surface area contributed by atoms with Crippen LogP contribution in [0.2, 0.25) is 0 Å². The molecule has 3 aromatic carbocycles. The Morgan fingerprint density at radius 2 is 1.16 bits per heavy atom. The summed E-state index contributed by atoms with van der Waals surface area (Å²) in [6, 6.07) is 25.5. The maximum Gasteiger partial charge on any atom is 0.328 e. The Kier molecular flexibility index (Phi) is 16.6. The van der Waals surface area contributed by atoms with Gasteiger partial charge in [0.05, 0.1) is 54.0 Å².